The normalized spacial score (nSPS) is 11.3. The summed E-state index contributed by atoms with van der Waals surface area (Å²) in [7, 11) is 0. The Morgan fingerprint density at radius 2 is 1.81 bits per heavy atom. The second-order valence-electron chi connectivity index (χ2n) is 5.52. The van der Waals surface area contributed by atoms with Crippen LogP contribution in [0.25, 0.3) is 32.9 Å². The summed E-state index contributed by atoms with van der Waals surface area (Å²) in [5.41, 5.74) is 7.18. The molecule has 21 heavy (non-hydrogen) atoms. The van der Waals surface area contributed by atoms with E-state index in [-0.39, 0.29) is 0 Å². The lowest BCUT2D eigenvalue weighted by Crippen LogP contribution is -1.84. The van der Waals surface area contributed by atoms with E-state index in [0.29, 0.717) is 0 Å². The summed E-state index contributed by atoms with van der Waals surface area (Å²) in [6.45, 7) is 4.30. The van der Waals surface area contributed by atoms with Crippen LogP contribution in [0.15, 0.2) is 54.7 Å². The summed E-state index contributed by atoms with van der Waals surface area (Å²) >= 11 is 0. The van der Waals surface area contributed by atoms with Crippen molar-refractivity contribution < 1.29 is 0 Å². The third-order valence-electron chi connectivity index (χ3n) is 4.23. The Bertz CT molecular complexity index is 964. The van der Waals surface area contributed by atoms with E-state index in [1.807, 2.05) is 18.3 Å². The fraction of sp³-hybridized carbons (Fsp3) is 0.105. The molecule has 4 rings (SSSR count). The molecule has 0 fully saturated rings. The van der Waals surface area contributed by atoms with Gasteiger partial charge in [-0.15, -0.1) is 0 Å². The van der Waals surface area contributed by atoms with Gasteiger partial charge in [0.1, 0.15) is 0 Å². The van der Waals surface area contributed by atoms with Gasteiger partial charge in [0.25, 0.3) is 0 Å². The van der Waals surface area contributed by atoms with Gasteiger partial charge < -0.3 is 4.98 Å². The molecule has 0 amide bonds. The van der Waals surface area contributed by atoms with Gasteiger partial charge in [0.15, 0.2) is 0 Å². The summed E-state index contributed by atoms with van der Waals surface area (Å²) < 4.78 is 0. The quantitative estimate of drug-likeness (QED) is 0.519. The lowest BCUT2D eigenvalue weighted by Gasteiger charge is -2.06. The zero-order valence-electron chi connectivity index (χ0n) is 12.1. The number of nitrogens with zero attached hydrogens (tertiary/aromatic N) is 1. The number of fused-ring (bicyclic) bond motifs is 2. The fourth-order valence-corrected chi connectivity index (χ4v) is 3.00. The number of nitrogens with one attached hydrogen (secondary N) is 1. The molecule has 2 heterocycles. The summed E-state index contributed by atoms with van der Waals surface area (Å²) in [5, 5.41) is 2.48. The average Bonchev–Trinajstić information content (AvgIpc) is 2.82. The molecule has 0 atom stereocenters. The Morgan fingerprint density at radius 1 is 0.952 bits per heavy atom. The van der Waals surface area contributed by atoms with Crippen molar-refractivity contribution in [3.8, 4) is 11.1 Å². The molecule has 2 nitrogen and oxygen atoms in total. The van der Waals surface area contributed by atoms with Crippen LogP contribution >= 0.6 is 0 Å². The van der Waals surface area contributed by atoms with Crippen molar-refractivity contribution in [1.29, 1.82) is 0 Å². The number of pyridine rings is 1. The molecule has 0 saturated heterocycles. The smallest absolute Gasteiger partial charge is 0.0702 e. The largest absolute Gasteiger partial charge is 0.358 e. The minimum Gasteiger partial charge on any atom is -0.358 e. The highest BCUT2D eigenvalue weighted by atomic mass is 14.7. The average molecular weight is 272 g/mol. The SMILES string of the molecule is Cc1[nH]c2cccc(-c3cnc4ccccc4c3)c2c1C. The van der Waals surface area contributed by atoms with E-state index in [4.69, 9.17) is 0 Å². The molecule has 2 aromatic carbocycles. The lowest BCUT2D eigenvalue weighted by atomic mass is 9.99. The van der Waals surface area contributed by atoms with Crippen LogP contribution in [0.1, 0.15) is 11.3 Å². The van der Waals surface area contributed by atoms with E-state index in [1.165, 1.54) is 38.7 Å². The third-order valence-corrected chi connectivity index (χ3v) is 4.23. The van der Waals surface area contributed by atoms with Crippen molar-refractivity contribution in [2.24, 2.45) is 0 Å². The van der Waals surface area contributed by atoms with Crippen LogP contribution in [0.5, 0.6) is 0 Å². The van der Waals surface area contributed by atoms with Gasteiger partial charge in [-0.25, -0.2) is 0 Å². The van der Waals surface area contributed by atoms with Crippen LogP contribution in [0.2, 0.25) is 0 Å². The Hall–Kier alpha value is -2.61. The first kappa shape index (κ1) is 12.2. The van der Waals surface area contributed by atoms with Gasteiger partial charge in [-0.1, -0.05) is 30.3 Å². The van der Waals surface area contributed by atoms with Gasteiger partial charge in [0, 0.05) is 33.7 Å². The molecular formula is C19H16N2. The predicted octanol–water partition coefficient (Wildman–Crippen LogP) is 5.00. The number of aromatic amines is 1. The first-order valence-electron chi connectivity index (χ1n) is 7.17. The van der Waals surface area contributed by atoms with E-state index in [9.17, 15) is 0 Å². The number of para-hydroxylation sites is 1. The highest BCUT2D eigenvalue weighted by Gasteiger charge is 2.10. The van der Waals surface area contributed by atoms with Crippen LogP contribution in [0.3, 0.4) is 0 Å². The first-order valence-corrected chi connectivity index (χ1v) is 7.17. The second kappa shape index (κ2) is 4.45. The molecule has 0 radical (unpaired) electrons. The van der Waals surface area contributed by atoms with Crippen molar-refractivity contribution in [1.82, 2.24) is 9.97 Å². The molecule has 0 aliphatic heterocycles. The van der Waals surface area contributed by atoms with Crippen molar-refractivity contribution in [2.45, 2.75) is 13.8 Å². The van der Waals surface area contributed by atoms with Crippen LogP contribution in [-0.2, 0) is 0 Å². The number of hydrogen-bond donors (Lipinski definition) is 1. The Kier molecular flexibility index (Phi) is 2.58. The molecule has 0 aliphatic carbocycles. The number of hydrogen-bond acceptors (Lipinski definition) is 1. The topological polar surface area (TPSA) is 28.7 Å². The molecule has 2 aromatic heterocycles. The molecule has 0 aliphatic rings. The van der Waals surface area contributed by atoms with E-state index in [2.05, 4.69) is 60.2 Å². The van der Waals surface area contributed by atoms with E-state index in [0.717, 1.165) is 5.52 Å². The third kappa shape index (κ3) is 1.83. The van der Waals surface area contributed by atoms with Crippen molar-refractivity contribution >= 4 is 21.8 Å². The zero-order valence-corrected chi connectivity index (χ0v) is 12.1. The minimum atomic E-state index is 1.04. The summed E-state index contributed by atoms with van der Waals surface area (Å²) in [6.07, 6.45) is 1.97. The maximum Gasteiger partial charge on any atom is 0.0702 e. The Labute approximate surface area is 123 Å². The number of benzene rings is 2. The minimum absolute atomic E-state index is 1.04. The number of rotatable bonds is 1. The molecule has 0 unspecified atom stereocenters. The van der Waals surface area contributed by atoms with Gasteiger partial charge in [-0.3, -0.25) is 4.98 Å². The van der Waals surface area contributed by atoms with Gasteiger partial charge >= 0.3 is 0 Å². The van der Waals surface area contributed by atoms with Crippen LogP contribution in [0, 0.1) is 13.8 Å². The standard InChI is InChI=1S/C19H16N2/c1-12-13(2)21-18-9-5-7-16(19(12)18)15-10-14-6-3-4-8-17(14)20-11-15/h3-11,21H,1-2H3. The van der Waals surface area contributed by atoms with Crippen LogP contribution < -0.4 is 0 Å². The van der Waals surface area contributed by atoms with E-state index >= 15 is 0 Å². The van der Waals surface area contributed by atoms with Gasteiger partial charge in [0.05, 0.1) is 5.52 Å². The van der Waals surface area contributed by atoms with Crippen molar-refractivity contribution in [3.63, 3.8) is 0 Å². The van der Waals surface area contributed by atoms with Gasteiger partial charge in [0.2, 0.25) is 0 Å². The predicted molar refractivity (Wildman–Crippen MR) is 88.5 cm³/mol. The molecule has 2 heteroatoms. The molecule has 1 N–H and O–H groups in total. The zero-order chi connectivity index (χ0) is 14.4. The Morgan fingerprint density at radius 3 is 2.71 bits per heavy atom. The maximum absolute atomic E-state index is 4.59. The monoisotopic (exact) mass is 272 g/mol. The molecule has 0 spiro atoms. The van der Waals surface area contributed by atoms with Crippen molar-refractivity contribution in [3.05, 3.63) is 66.0 Å². The number of aryl methyl sites for hydroxylation is 2. The fourth-order valence-electron chi connectivity index (χ4n) is 3.00. The summed E-state index contributed by atoms with van der Waals surface area (Å²) in [6, 6.07) is 16.9. The highest BCUT2D eigenvalue weighted by molar-refractivity contribution is 5.99. The molecular weight excluding hydrogens is 256 g/mol. The van der Waals surface area contributed by atoms with E-state index < -0.39 is 0 Å². The molecule has 102 valence electrons. The molecule has 0 bridgehead atoms. The highest BCUT2D eigenvalue weighted by Crippen LogP contribution is 2.33. The van der Waals surface area contributed by atoms with Crippen LogP contribution in [-0.4, -0.2) is 9.97 Å². The van der Waals surface area contributed by atoms with Crippen LogP contribution in [0.4, 0.5) is 0 Å². The van der Waals surface area contributed by atoms with E-state index in [1.54, 1.807) is 0 Å². The lowest BCUT2D eigenvalue weighted by molar-refractivity contribution is 1.25. The van der Waals surface area contributed by atoms with Gasteiger partial charge in [-0.05, 0) is 43.2 Å². The maximum atomic E-state index is 4.59. The summed E-state index contributed by atoms with van der Waals surface area (Å²) in [4.78, 5) is 8.04. The number of aromatic nitrogens is 2. The first-order chi connectivity index (χ1) is 10.2. The molecule has 4 aromatic rings. The van der Waals surface area contributed by atoms with Gasteiger partial charge in [-0.2, -0.15) is 0 Å². The summed E-state index contributed by atoms with van der Waals surface area (Å²) in [5.74, 6) is 0. The van der Waals surface area contributed by atoms with Crippen molar-refractivity contribution in [2.75, 3.05) is 0 Å². The number of H-pyrrole nitrogens is 1. The Balaban J connectivity index is 2.04. The second-order valence-corrected chi connectivity index (χ2v) is 5.52. The molecule has 0 saturated carbocycles.